The van der Waals surface area contributed by atoms with Crippen molar-refractivity contribution < 1.29 is 4.74 Å². The van der Waals surface area contributed by atoms with Crippen molar-refractivity contribution in [3.63, 3.8) is 0 Å². The van der Waals surface area contributed by atoms with E-state index in [4.69, 9.17) is 10.6 Å². The van der Waals surface area contributed by atoms with Crippen LogP contribution in [0.2, 0.25) is 0 Å². The number of hydrogen-bond donors (Lipinski definition) is 2. The van der Waals surface area contributed by atoms with Crippen LogP contribution < -0.4 is 11.3 Å². The van der Waals surface area contributed by atoms with Crippen molar-refractivity contribution >= 4 is 15.9 Å². The molecular weight excluding hydrogens is 268 g/mol. The second-order valence-corrected chi connectivity index (χ2v) is 4.72. The normalized spacial score (nSPS) is 16.8. The Morgan fingerprint density at radius 2 is 2.31 bits per heavy atom. The quantitative estimate of drug-likeness (QED) is 0.662. The Kier molecular flexibility index (Phi) is 3.63. The van der Waals surface area contributed by atoms with E-state index >= 15 is 0 Å². The molecule has 1 unspecified atom stereocenters. The molecule has 0 aromatic heterocycles. The molecule has 0 saturated carbocycles. The Morgan fingerprint density at radius 3 is 2.94 bits per heavy atom. The van der Waals surface area contributed by atoms with E-state index < -0.39 is 0 Å². The van der Waals surface area contributed by atoms with E-state index in [1.165, 1.54) is 5.56 Å². The zero-order valence-electron chi connectivity index (χ0n) is 9.16. The van der Waals surface area contributed by atoms with Crippen LogP contribution in [0.4, 0.5) is 0 Å². The highest BCUT2D eigenvalue weighted by molar-refractivity contribution is 9.10. The molecule has 0 saturated heterocycles. The molecule has 1 heterocycles. The Morgan fingerprint density at radius 1 is 1.50 bits per heavy atom. The zero-order chi connectivity index (χ0) is 11.5. The summed E-state index contributed by atoms with van der Waals surface area (Å²) in [5.41, 5.74) is 5.12. The van der Waals surface area contributed by atoms with Crippen LogP contribution in [0.15, 0.2) is 34.5 Å². The summed E-state index contributed by atoms with van der Waals surface area (Å²) in [4.78, 5) is 0. The van der Waals surface area contributed by atoms with Gasteiger partial charge in [0.2, 0.25) is 0 Å². The molecule has 1 aliphatic rings. The van der Waals surface area contributed by atoms with Gasteiger partial charge in [0.15, 0.2) is 0 Å². The first-order valence-corrected chi connectivity index (χ1v) is 6.06. The van der Waals surface area contributed by atoms with Crippen LogP contribution in [-0.4, -0.2) is 6.61 Å². The molecule has 2 rings (SSSR count). The molecule has 3 nitrogen and oxygen atoms in total. The van der Waals surface area contributed by atoms with E-state index in [0.717, 1.165) is 28.8 Å². The van der Waals surface area contributed by atoms with Gasteiger partial charge in [-0.3, -0.25) is 5.84 Å². The van der Waals surface area contributed by atoms with Gasteiger partial charge in [-0.25, -0.2) is 5.43 Å². The van der Waals surface area contributed by atoms with Crippen LogP contribution in [0.5, 0.6) is 0 Å². The van der Waals surface area contributed by atoms with Gasteiger partial charge in [-0.2, -0.15) is 0 Å². The zero-order valence-corrected chi connectivity index (χ0v) is 10.8. The van der Waals surface area contributed by atoms with E-state index in [9.17, 15) is 0 Å². The van der Waals surface area contributed by atoms with Crippen molar-refractivity contribution in [3.8, 4) is 0 Å². The topological polar surface area (TPSA) is 47.3 Å². The minimum absolute atomic E-state index is 0.0724. The maximum atomic E-state index is 5.61. The molecule has 0 aliphatic carbocycles. The van der Waals surface area contributed by atoms with Crippen molar-refractivity contribution in [1.82, 2.24) is 5.43 Å². The third kappa shape index (κ3) is 2.29. The Bertz CT molecular complexity index is 417. The average Bonchev–Trinajstić information content (AvgIpc) is 2.78. The predicted molar refractivity (Wildman–Crippen MR) is 67.6 cm³/mol. The number of benzene rings is 1. The molecule has 0 fully saturated rings. The van der Waals surface area contributed by atoms with Crippen LogP contribution in [0.3, 0.4) is 0 Å². The Labute approximate surface area is 104 Å². The number of nitrogens with two attached hydrogens (primary N) is 1. The molecular formula is C12H15BrN2O. The van der Waals surface area contributed by atoms with Gasteiger partial charge in [0.25, 0.3) is 0 Å². The van der Waals surface area contributed by atoms with Crippen molar-refractivity contribution in [3.05, 3.63) is 45.6 Å². The number of halogens is 1. The molecule has 0 bridgehead atoms. The van der Waals surface area contributed by atoms with Gasteiger partial charge in [0, 0.05) is 10.9 Å². The molecule has 0 amide bonds. The second kappa shape index (κ2) is 4.99. The second-order valence-electron chi connectivity index (χ2n) is 3.87. The lowest BCUT2D eigenvalue weighted by molar-refractivity contribution is 0.215. The van der Waals surface area contributed by atoms with Gasteiger partial charge in [-0.1, -0.05) is 33.6 Å². The fourth-order valence-corrected chi connectivity index (χ4v) is 2.32. The summed E-state index contributed by atoms with van der Waals surface area (Å²) >= 11 is 3.54. The van der Waals surface area contributed by atoms with Gasteiger partial charge in [0.05, 0.1) is 6.61 Å². The molecule has 1 aromatic carbocycles. The third-order valence-corrected chi connectivity index (χ3v) is 3.37. The van der Waals surface area contributed by atoms with Gasteiger partial charge < -0.3 is 4.74 Å². The summed E-state index contributed by atoms with van der Waals surface area (Å²) < 4.78 is 6.59. The lowest BCUT2D eigenvalue weighted by atomic mass is 10.0. The van der Waals surface area contributed by atoms with Crippen LogP contribution >= 0.6 is 15.9 Å². The highest BCUT2D eigenvalue weighted by Crippen LogP contribution is 2.31. The average molecular weight is 283 g/mol. The first-order chi connectivity index (χ1) is 7.72. The minimum atomic E-state index is -0.0724. The van der Waals surface area contributed by atoms with Crippen molar-refractivity contribution in [2.75, 3.05) is 6.61 Å². The molecule has 0 spiro atoms. The summed E-state index contributed by atoms with van der Waals surface area (Å²) in [5.74, 6) is 6.52. The van der Waals surface area contributed by atoms with Gasteiger partial charge >= 0.3 is 0 Å². The molecule has 3 N–H and O–H groups in total. The van der Waals surface area contributed by atoms with E-state index in [1.54, 1.807) is 0 Å². The molecule has 1 aromatic rings. The lowest BCUT2D eigenvalue weighted by Crippen LogP contribution is -2.30. The van der Waals surface area contributed by atoms with Crippen molar-refractivity contribution in [2.45, 2.75) is 19.4 Å². The molecule has 1 aliphatic heterocycles. The highest BCUT2D eigenvalue weighted by Gasteiger charge is 2.21. The SMILES string of the molecule is Cc1ccc(Br)c(C(NN)C2=CCCO2)c1. The number of nitrogens with one attached hydrogen (secondary N) is 1. The van der Waals surface area contributed by atoms with Crippen LogP contribution in [0.25, 0.3) is 0 Å². The van der Waals surface area contributed by atoms with E-state index in [1.807, 2.05) is 6.07 Å². The van der Waals surface area contributed by atoms with Gasteiger partial charge in [0.1, 0.15) is 11.8 Å². The summed E-state index contributed by atoms with van der Waals surface area (Å²) in [6.45, 7) is 2.81. The predicted octanol–water partition coefficient (Wildman–Crippen LogP) is 2.57. The molecule has 0 radical (unpaired) electrons. The summed E-state index contributed by atoms with van der Waals surface area (Å²) in [5, 5.41) is 0. The van der Waals surface area contributed by atoms with Crippen molar-refractivity contribution in [1.29, 1.82) is 0 Å². The number of hydrazine groups is 1. The highest BCUT2D eigenvalue weighted by atomic mass is 79.9. The summed E-state index contributed by atoms with van der Waals surface area (Å²) in [6.07, 6.45) is 3.04. The van der Waals surface area contributed by atoms with E-state index in [0.29, 0.717) is 0 Å². The lowest BCUT2D eigenvalue weighted by Gasteiger charge is -2.19. The number of ether oxygens (including phenoxy) is 1. The van der Waals surface area contributed by atoms with Crippen LogP contribution in [-0.2, 0) is 4.74 Å². The van der Waals surface area contributed by atoms with E-state index in [-0.39, 0.29) is 6.04 Å². The van der Waals surface area contributed by atoms with Crippen LogP contribution in [0, 0.1) is 6.92 Å². The van der Waals surface area contributed by atoms with Crippen LogP contribution in [0.1, 0.15) is 23.6 Å². The smallest absolute Gasteiger partial charge is 0.115 e. The third-order valence-electron chi connectivity index (χ3n) is 2.65. The summed E-state index contributed by atoms with van der Waals surface area (Å²) in [7, 11) is 0. The van der Waals surface area contributed by atoms with E-state index in [2.05, 4.69) is 46.5 Å². The molecule has 86 valence electrons. The van der Waals surface area contributed by atoms with Crippen molar-refractivity contribution in [2.24, 2.45) is 5.84 Å². The largest absolute Gasteiger partial charge is 0.496 e. The minimum Gasteiger partial charge on any atom is -0.496 e. The van der Waals surface area contributed by atoms with Gasteiger partial charge in [-0.15, -0.1) is 0 Å². The Hall–Kier alpha value is -0.840. The fraction of sp³-hybridized carbons (Fsp3) is 0.333. The fourth-order valence-electron chi connectivity index (χ4n) is 1.85. The molecule has 4 heteroatoms. The molecule has 1 atom stereocenters. The first kappa shape index (κ1) is 11.6. The summed E-state index contributed by atoms with van der Waals surface area (Å²) in [6, 6.07) is 6.13. The maximum absolute atomic E-state index is 5.61. The van der Waals surface area contributed by atoms with Gasteiger partial charge in [-0.05, 0) is 24.6 Å². The Balaban J connectivity index is 2.35. The monoisotopic (exact) mass is 282 g/mol. The number of hydrogen-bond acceptors (Lipinski definition) is 3. The maximum Gasteiger partial charge on any atom is 0.115 e. The number of rotatable bonds is 3. The molecule has 16 heavy (non-hydrogen) atoms. The number of aryl methyl sites for hydroxylation is 1. The standard InChI is InChI=1S/C12H15BrN2O/c1-8-4-5-10(13)9(7-8)12(15-14)11-3-2-6-16-11/h3-5,7,12,15H,2,6,14H2,1H3. The first-order valence-electron chi connectivity index (χ1n) is 5.27.